The van der Waals surface area contributed by atoms with E-state index in [-0.39, 0.29) is 11.9 Å². The number of aromatic nitrogens is 4. The third kappa shape index (κ3) is 4.60. The number of benzene rings is 1. The van der Waals surface area contributed by atoms with Crippen molar-refractivity contribution in [2.75, 3.05) is 25.5 Å². The molecule has 0 spiro atoms. The summed E-state index contributed by atoms with van der Waals surface area (Å²) >= 11 is 0. The highest BCUT2D eigenvalue weighted by molar-refractivity contribution is 5.77. The quantitative estimate of drug-likeness (QED) is 0.583. The molecule has 1 aromatic carbocycles. The summed E-state index contributed by atoms with van der Waals surface area (Å²) in [6, 6.07) is 10.2. The van der Waals surface area contributed by atoms with Crippen LogP contribution < -0.4 is 4.90 Å². The van der Waals surface area contributed by atoms with Gasteiger partial charge in [0.2, 0.25) is 11.9 Å². The molecule has 1 amide bonds. The molecule has 0 N–H and O–H groups in total. The van der Waals surface area contributed by atoms with Crippen LogP contribution in [0.15, 0.2) is 48.9 Å². The largest absolute Gasteiger partial charge is 0.347 e. The Morgan fingerprint density at radius 2 is 2.00 bits per heavy atom. The van der Waals surface area contributed by atoms with Gasteiger partial charge < -0.3 is 14.4 Å². The van der Waals surface area contributed by atoms with Gasteiger partial charge in [-0.2, -0.15) is 0 Å². The molecule has 7 nitrogen and oxygen atoms in total. The Balaban J connectivity index is 1.56. The number of likely N-dealkylation sites (tertiary alicyclic amines) is 1. The first-order valence-corrected chi connectivity index (χ1v) is 10.9. The molecule has 3 aromatic rings. The molecular formula is C24H30N6O. The van der Waals surface area contributed by atoms with Gasteiger partial charge in [0.1, 0.15) is 5.82 Å². The van der Waals surface area contributed by atoms with Crippen molar-refractivity contribution >= 4 is 11.9 Å². The monoisotopic (exact) mass is 418 g/mol. The Kier molecular flexibility index (Phi) is 6.30. The Labute approximate surface area is 183 Å². The molecule has 2 aromatic heterocycles. The van der Waals surface area contributed by atoms with E-state index in [1.165, 1.54) is 0 Å². The van der Waals surface area contributed by atoms with Gasteiger partial charge in [0.25, 0.3) is 0 Å². The summed E-state index contributed by atoms with van der Waals surface area (Å²) in [5, 5.41) is 0. The first-order chi connectivity index (χ1) is 15.0. The fourth-order valence-corrected chi connectivity index (χ4v) is 4.23. The average molecular weight is 419 g/mol. The van der Waals surface area contributed by atoms with Crippen LogP contribution in [0.1, 0.15) is 43.2 Å². The van der Waals surface area contributed by atoms with Gasteiger partial charge in [-0.1, -0.05) is 30.3 Å². The molecule has 0 aliphatic carbocycles. The molecule has 1 aliphatic heterocycles. The smallest absolute Gasteiger partial charge is 0.225 e. The average Bonchev–Trinajstić information content (AvgIpc) is 3.43. The summed E-state index contributed by atoms with van der Waals surface area (Å²) < 4.78 is 2.09. The molecule has 31 heavy (non-hydrogen) atoms. The number of rotatable bonds is 7. The Bertz CT molecular complexity index is 1030. The number of aryl methyl sites for hydroxylation is 2. The minimum Gasteiger partial charge on any atom is -0.347 e. The maximum Gasteiger partial charge on any atom is 0.225 e. The Morgan fingerprint density at radius 1 is 1.19 bits per heavy atom. The van der Waals surface area contributed by atoms with Gasteiger partial charge in [0.15, 0.2) is 0 Å². The zero-order valence-electron chi connectivity index (χ0n) is 18.5. The number of anilines is 1. The van der Waals surface area contributed by atoms with Crippen LogP contribution in [0.4, 0.5) is 5.95 Å². The number of hydrogen-bond acceptors (Lipinski definition) is 5. The van der Waals surface area contributed by atoms with Crippen molar-refractivity contribution < 1.29 is 4.79 Å². The molecule has 1 saturated heterocycles. The lowest BCUT2D eigenvalue weighted by Gasteiger charge is -2.27. The molecule has 0 bridgehead atoms. The molecule has 0 radical (unpaired) electrons. The summed E-state index contributed by atoms with van der Waals surface area (Å²) in [7, 11) is 3.88. The number of carbonyl (C=O) groups is 1. The van der Waals surface area contributed by atoms with E-state index in [9.17, 15) is 4.79 Å². The molecule has 1 atom stereocenters. The zero-order valence-corrected chi connectivity index (χ0v) is 18.5. The van der Waals surface area contributed by atoms with Gasteiger partial charge in [-0.3, -0.25) is 4.79 Å². The SMILES string of the molecule is Cc1nccn1CCCC(=O)N1CCC[C@@H]1c1nc(N(C)C)ncc1-c1ccccc1. The van der Waals surface area contributed by atoms with E-state index in [1.807, 2.05) is 61.4 Å². The summed E-state index contributed by atoms with van der Waals surface area (Å²) in [5.41, 5.74) is 3.03. The molecule has 1 aliphatic rings. The summed E-state index contributed by atoms with van der Waals surface area (Å²) in [6.45, 7) is 3.58. The van der Waals surface area contributed by atoms with E-state index in [2.05, 4.69) is 26.7 Å². The van der Waals surface area contributed by atoms with E-state index < -0.39 is 0 Å². The highest BCUT2D eigenvalue weighted by atomic mass is 16.2. The number of amides is 1. The van der Waals surface area contributed by atoms with E-state index in [1.54, 1.807) is 6.20 Å². The van der Waals surface area contributed by atoms with Crippen molar-refractivity contribution in [2.45, 2.75) is 45.2 Å². The lowest BCUT2D eigenvalue weighted by Crippen LogP contribution is -2.31. The molecule has 3 heterocycles. The van der Waals surface area contributed by atoms with E-state index in [4.69, 9.17) is 4.98 Å². The minimum absolute atomic E-state index is 0.0145. The fraction of sp³-hybridized carbons (Fsp3) is 0.417. The lowest BCUT2D eigenvalue weighted by molar-refractivity contribution is -0.132. The third-order valence-corrected chi connectivity index (χ3v) is 5.89. The summed E-state index contributed by atoms with van der Waals surface area (Å²) in [5.74, 6) is 1.85. The maximum absolute atomic E-state index is 13.2. The zero-order chi connectivity index (χ0) is 21.8. The molecule has 0 saturated carbocycles. The number of hydrogen-bond donors (Lipinski definition) is 0. The van der Waals surface area contributed by atoms with Crippen molar-refractivity contribution in [3.8, 4) is 11.1 Å². The molecule has 4 rings (SSSR count). The minimum atomic E-state index is -0.0145. The molecule has 7 heteroatoms. The van der Waals surface area contributed by atoms with Gasteiger partial charge >= 0.3 is 0 Å². The predicted molar refractivity (Wildman–Crippen MR) is 122 cm³/mol. The molecular weight excluding hydrogens is 388 g/mol. The van der Waals surface area contributed by atoms with E-state index in [0.29, 0.717) is 12.4 Å². The van der Waals surface area contributed by atoms with Crippen LogP contribution in [-0.4, -0.2) is 51.0 Å². The first-order valence-electron chi connectivity index (χ1n) is 10.9. The van der Waals surface area contributed by atoms with Crippen molar-refractivity contribution in [2.24, 2.45) is 0 Å². The van der Waals surface area contributed by atoms with Crippen LogP contribution >= 0.6 is 0 Å². The Hall–Kier alpha value is -3.22. The lowest BCUT2D eigenvalue weighted by atomic mass is 9.99. The standard InChI is InChI=1S/C24H30N6O/c1-18-25-13-16-29(18)14-8-12-22(31)30-15-7-11-21(30)23-20(19-9-5-4-6-10-19)17-26-24(27-23)28(2)3/h4-6,9-10,13,16-17,21H,7-8,11-12,14-15H2,1-3H3/t21-/m1/s1. The van der Waals surface area contributed by atoms with Crippen LogP contribution in [0, 0.1) is 6.92 Å². The predicted octanol–water partition coefficient (Wildman–Crippen LogP) is 3.86. The second-order valence-electron chi connectivity index (χ2n) is 8.25. The fourth-order valence-electron chi connectivity index (χ4n) is 4.23. The third-order valence-electron chi connectivity index (χ3n) is 5.89. The molecule has 162 valence electrons. The molecule has 1 fully saturated rings. The normalized spacial score (nSPS) is 16.0. The van der Waals surface area contributed by atoms with Gasteiger partial charge in [-0.05, 0) is 31.7 Å². The van der Waals surface area contributed by atoms with Gasteiger partial charge in [-0.15, -0.1) is 0 Å². The van der Waals surface area contributed by atoms with Crippen LogP contribution in [0.3, 0.4) is 0 Å². The van der Waals surface area contributed by atoms with Crippen molar-refractivity contribution in [3.63, 3.8) is 0 Å². The highest BCUT2D eigenvalue weighted by Gasteiger charge is 2.33. The number of nitrogens with zero attached hydrogens (tertiary/aromatic N) is 6. The van der Waals surface area contributed by atoms with Crippen LogP contribution in [0.2, 0.25) is 0 Å². The topological polar surface area (TPSA) is 67.2 Å². The van der Waals surface area contributed by atoms with Crippen molar-refractivity contribution in [1.82, 2.24) is 24.4 Å². The highest BCUT2D eigenvalue weighted by Crippen LogP contribution is 2.37. The van der Waals surface area contributed by atoms with Gasteiger partial charge in [0, 0.05) is 57.8 Å². The molecule has 0 unspecified atom stereocenters. The summed E-state index contributed by atoms with van der Waals surface area (Å²) in [6.07, 6.45) is 8.92. The second kappa shape index (κ2) is 9.29. The Morgan fingerprint density at radius 3 is 2.71 bits per heavy atom. The van der Waals surface area contributed by atoms with Crippen molar-refractivity contribution in [3.05, 3.63) is 60.4 Å². The van der Waals surface area contributed by atoms with Gasteiger partial charge in [0.05, 0.1) is 11.7 Å². The van der Waals surface area contributed by atoms with Crippen LogP contribution in [-0.2, 0) is 11.3 Å². The van der Waals surface area contributed by atoms with Gasteiger partial charge in [-0.25, -0.2) is 15.0 Å². The number of imidazole rings is 1. The first kappa shape index (κ1) is 21.0. The summed E-state index contributed by atoms with van der Waals surface area (Å²) in [4.78, 5) is 30.8. The van der Waals surface area contributed by atoms with Crippen LogP contribution in [0.25, 0.3) is 11.1 Å². The van der Waals surface area contributed by atoms with E-state index in [0.717, 1.165) is 55.0 Å². The van der Waals surface area contributed by atoms with Crippen LogP contribution in [0.5, 0.6) is 0 Å². The van der Waals surface area contributed by atoms with E-state index >= 15 is 0 Å². The van der Waals surface area contributed by atoms with Crippen molar-refractivity contribution in [1.29, 1.82) is 0 Å². The second-order valence-corrected chi connectivity index (χ2v) is 8.25. The number of carbonyl (C=O) groups excluding carboxylic acids is 1. The maximum atomic E-state index is 13.2.